The van der Waals surface area contributed by atoms with Gasteiger partial charge in [-0.2, -0.15) is 9.78 Å². The Kier molecular flexibility index (Phi) is 7.29. The number of hydrogen-bond donors (Lipinski definition) is 2. The Hall–Kier alpha value is -3.21. The predicted molar refractivity (Wildman–Crippen MR) is 125 cm³/mol. The van der Waals surface area contributed by atoms with E-state index in [0.29, 0.717) is 34.8 Å². The molecule has 0 aliphatic rings. The number of rotatable bonds is 6. The van der Waals surface area contributed by atoms with Crippen molar-refractivity contribution in [3.63, 3.8) is 0 Å². The van der Waals surface area contributed by atoms with Crippen LogP contribution in [0.3, 0.4) is 0 Å². The van der Waals surface area contributed by atoms with Crippen LogP contribution in [0.25, 0.3) is 22.4 Å². The quantitative estimate of drug-likeness (QED) is 0.420. The topological polar surface area (TPSA) is 115 Å². The number of thiol groups is 1. The van der Waals surface area contributed by atoms with Crippen LogP contribution in [0.15, 0.2) is 30.7 Å². The molecule has 0 saturated carbocycles. The van der Waals surface area contributed by atoms with Crippen LogP contribution in [0.1, 0.15) is 47.0 Å². The average Bonchev–Trinajstić information content (AvgIpc) is 3.25. The average molecular weight is 458 g/mol. The number of hydrogen-bond acceptors (Lipinski definition) is 8. The standard InChI is InChI=1S/C21H27N7O3S/c1-5-6-7-10-22-19(29)28(32)17-9-8-15-18(26-17)25-16(12-23-15)14-11-24-27(13-14)20(30)31-21(2,3)4/h8-9,11-13,32H,5-7,10H2,1-4H3,(H,22,29). The summed E-state index contributed by atoms with van der Waals surface area (Å²) in [5.74, 6) is 0.324. The van der Waals surface area contributed by atoms with Crippen LogP contribution in [-0.2, 0) is 4.74 Å². The van der Waals surface area contributed by atoms with Crippen molar-refractivity contribution in [3.8, 4) is 11.3 Å². The molecule has 0 fully saturated rings. The number of unbranched alkanes of at least 4 members (excludes halogenated alkanes) is 2. The number of carbonyl (C=O) groups excluding carboxylic acids is 2. The van der Waals surface area contributed by atoms with Crippen LogP contribution in [0.4, 0.5) is 15.4 Å². The number of aromatic nitrogens is 5. The maximum Gasteiger partial charge on any atom is 0.435 e. The lowest BCUT2D eigenvalue weighted by Crippen LogP contribution is -2.35. The van der Waals surface area contributed by atoms with E-state index in [1.165, 1.54) is 12.4 Å². The molecule has 2 amide bonds. The molecule has 32 heavy (non-hydrogen) atoms. The summed E-state index contributed by atoms with van der Waals surface area (Å²) >= 11 is 4.27. The second-order valence-electron chi connectivity index (χ2n) is 8.17. The first-order valence-electron chi connectivity index (χ1n) is 10.4. The smallest absolute Gasteiger partial charge is 0.435 e. The highest BCUT2D eigenvalue weighted by atomic mass is 32.1. The fourth-order valence-electron chi connectivity index (χ4n) is 2.76. The predicted octanol–water partition coefficient (Wildman–Crippen LogP) is 4.22. The summed E-state index contributed by atoms with van der Waals surface area (Å²) in [7, 11) is 0. The molecule has 0 unspecified atom stereocenters. The lowest BCUT2D eigenvalue weighted by atomic mass is 10.2. The zero-order chi connectivity index (χ0) is 23.3. The van der Waals surface area contributed by atoms with Crippen LogP contribution in [0, 0.1) is 0 Å². The van der Waals surface area contributed by atoms with Crippen molar-refractivity contribution in [2.75, 3.05) is 10.8 Å². The number of nitrogens with one attached hydrogen (secondary N) is 1. The molecule has 3 aromatic heterocycles. The van der Waals surface area contributed by atoms with Gasteiger partial charge < -0.3 is 10.1 Å². The summed E-state index contributed by atoms with van der Waals surface area (Å²) in [5, 5.41) is 6.86. The maximum absolute atomic E-state index is 12.3. The third kappa shape index (κ3) is 5.94. The van der Waals surface area contributed by atoms with Gasteiger partial charge in [0, 0.05) is 18.3 Å². The molecule has 0 aliphatic carbocycles. The number of carbonyl (C=O) groups is 2. The second-order valence-corrected chi connectivity index (χ2v) is 8.57. The molecule has 0 radical (unpaired) electrons. The van der Waals surface area contributed by atoms with Crippen LogP contribution < -0.4 is 9.62 Å². The molecule has 3 heterocycles. The van der Waals surface area contributed by atoms with Gasteiger partial charge in [-0.05, 0) is 39.3 Å². The molecule has 0 atom stereocenters. The molecule has 0 bridgehead atoms. The summed E-state index contributed by atoms with van der Waals surface area (Å²) in [4.78, 5) is 37.8. The molecular weight excluding hydrogens is 430 g/mol. The van der Waals surface area contributed by atoms with Gasteiger partial charge in [-0.15, -0.1) is 0 Å². The molecule has 10 nitrogen and oxygen atoms in total. The zero-order valence-corrected chi connectivity index (χ0v) is 19.5. The SMILES string of the molecule is CCCCCNC(=O)N(S)c1ccc2ncc(-c3cnn(C(=O)OC(C)(C)C)c3)nc2n1. The summed E-state index contributed by atoms with van der Waals surface area (Å²) < 4.78 is 7.56. The first-order chi connectivity index (χ1) is 15.2. The van der Waals surface area contributed by atoms with Crippen LogP contribution in [-0.4, -0.2) is 49.0 Å². The van der Waals surface area contributed by atoms with Gasteiger partial charge in [-0.1, -0.05) is 32.6 Å². The van der Waals surface area contributed by atoms with E-state index in [2.05, 4.69) is 45.1 Å². The van der Waals surface area contributed by atoms with E-state index in [-0.39, 0.29) is 6.03 Å². The van der Waals surface area contributed by atoms with E-state index in [9.17, 15) is 9.59 Å². The van der Waals surface area contributed by atoms with E-state index in [1.807, 2.05) is 0 Å². The Bertz CT molecular complexity index is 1110. The van der Waals surface area contributed by atoms with E-state index in [4.69, 9.17) is 4.74 Å². The first-order valence-corrected chi connectivity index (χ1v) is 10.8. The van der Waals surface area contributed by atoms with Crippen LogP contribution in [0.2, 0.25) is 0 Å². The molecule has 11 heteroatoms. The van der Waals surface area contributed by atoms with Crippen molar-refractivity contribution < 1.29 is 14.3 Å². The number of amides is 2. The summed E-state index contributed by atoms with van der Waals surface area (Å²) in [6, 6.07) is 3.00. The van der Waals surface area contributed by atoms with Gasteiger partial charge in [0.05, 0.1) is 18.1 Å². The fraction of sp³-hybridized carbons (Fsp3) is 0.429. The second kappa shape index (κ2) is 9.94. The van der Waals surface area contributed by atoms with Crippen molar-refractivity contribution in [3.05, 3.63) is 30.7 Å². The molecule has 0 aliphatic heterocycles. The molecular formula is C21H27N7O3S. The molecule has 0 spiro atoms. The highest BCUT2D eigenvalue weighted by Gasteiger charge is 2.19. The first kappa shape index (κ1) is 23.5. The molecule has 3 rings (SSSR count). The minimum Gasteiger partial charge on any atom is -0.442 e. The van der Waals surface area contributed by atoms with Crippen LogP contribution >= 0.6 is 12.8 Å². The maximum atomic E-state index is 12.3. The third-order valence-electron chi connectivity index (χ3n) is 4.32. The van der Waals surface area contributed by atoms with Crippen LogP contribution in [0.5, 0.6) is 0 Å². The van der Waals surface area contributed by atoms with Gasteiger partial charge in [0.2, 0.25) is 0 Å². The Labute approximate surface area is 191 Å². The van der Waals surface area contributed by atoms with E-state index >= 15 is 0 Å². The minimum absolute atomic E-state index is 0.324. The number of fused-ring (bicyclic) bond motifs is 1. The Morgan fingerprint density at radius 3 is 2.69 bits per heavy atom. The van der Waals surface area contributed by atoms with Gasteiger partial charge in [-0.25, -0.2) is 23.9 Å². The monoisotopic (exact) mass is 457 g/mol. The summed E-state index contributed by atoms with van der Waals surface area (Å²) in [6.07, 6.45) is 7.02. The summed E-state index contributed by atoms with van der Waals surface area (Å²) in [6.45, 7) is 8.02. The van der Waals surface area contributed by atoms with Crippen molar-refractivity contribution in [2.24, 2.45) is 0 Å². The largest absolute Gasteiger partial charge is 0.442 e. The number of pyridine rings is 1. The van der Waals surface area contributed by atoms with Crippen molar-refractivity contribution >= 4 is 41.9 Å². The molecule has 0 aromatic carbocycles. The summed E-state index contributed by atoms with van der Waals surface area (Å²) in [5.41, 5.74) is 1.32. The molecule has 170 valence electrons. The van der Waals surface area contributed by atoms with Gasteiger partial charge >= 0.3 is 12.1 Å². The van der Waals surface area contributed by atoms with Gasteiger partial charge in [-0.3, -0.25) is 4.98 Å². The Balaban J connectivity index is 1.78. The number of urea groups is 1. The lowest BCUT2D eigenvalue weighted by molar-refractivity contribution is 0.0514. The van der Waals surface area contributed by atoms with Gasteiger partial charge in [0.25, 0.3) is 0 Å². The normalized spacial score (nSPS) is 11.4. The van der Waals surface area contributed by atoms with E-state index in [0.717, 1.165) is 28.2 Å². The fourth-order valence-corrected chi connectivity index (χ4v) is 2.94. The number of nitrogens with zero attached hydrogens (tertiary/aromatic N) is 6. The van der Waals surface area contributed by atoms with Gasteiger partial charge in [0.1, 0.15) is 16.9 Å². The highest BCUT2D eigenvalue weighted by Crippen LogP contribution is 2.21. The van der Waals surface area contributed by atoms with Crippen molar-refractivity contribution in [1.29, 1.82) is 0 Å². The van der Waals surface area contributed by atoms with E-state index in [1.54, 1.807) is 39.1 Å². The van der Waals surface area contributed by atoms with Gasteiger partial charge in [0.15, 0.2) is 5.65 Å². The number of ether oxygens (including phenoxy) is 1. The Morgan fingerprint density at radius 1 is 1.19 bits per heavy atom. The molecule has 1 N–H and O–H groups in total. The van der Waals surface area contributed by atoms with Crippen molar-refractivity contribution in [1.82, 2.24) is 30.0 Å². The number of anilines is 1. The minimum atomic E-state index is -0.632. The molecule has 0 saturated heterocycles. The van der Waals surface area contributed by atoms with Crippen molar-refractivity contribution in [2.45, 2.75) is 52.6 Å². The highest BCUT2D eigenvalue weighted by molar-refractivity contribution is 7.82. The van der Waals surface area contributed by atoms with E-state index < -0.39 is 11.7 Å². The lowest BCUT2D eigenvalue weighted by Gasteiger charge is -2.18. The third-order valence-corrected chi connectivity index (χ3v) is 4.70. The Morgan fingerprint density at radius 2 is 1.97 bits per heavy atom. The molecule has 3 aromatic rings. The zero-order valence-electron chi connectivity index (χ0n) is 18.6.